The Morgan fingerprint density at radius 1 is 1.57 bits per heavy atom. The van der Waals surface area contributed by atoms with Gasteiger partial charge < -0.3 is 0 Å². The third-order valence-electron chi connectivity index (χ3n) is 2.48. The van der Waals surface area contributed by atoms with Gasteiger partial charge in [0.1, 0.15) is 0 Å². The predicted molar refractivity (Wildman–Crippen MR) is 25.8 cm³/mol. The van der Waals surface area contributed by atoms with Crippen molar-refractivity contribution >= 4 is 0 Å². The smallest absolute Gasteiger partial charge is 0.0765 e. The van der Waals surface area contributed by atoms with Gasteiger partial charge in [-0.3, -0.25) is 10.2 Å². The van der Waals surface area contributed by atoms with Gasteiger partial charge in [-0.05, 0) is 6.42 Å². The molecule has 4 unspecified atom stereocenters. The Kier molecular flexibility index (Phi) is 0.280. The molecule has 4 atom stereocenters. The van der Waals surface area contributed by atoms with Gasteiger partial charge in [0.15, 0.2) is 0 Å². The highest BCUT2D eigenvalue weighted by atomic mass is 15.6. The van der Waals surface area contributed by atoms with Gasteiger partial charge in [-0.25, -0.2) is 0 Å². The summed E-state index contributed by atoms with van der Waals surface area (Å²) in [7, 11) is 0. The second-order valence-corrected chi connectivity index (χ2v) is 2.76. The van der Waals surface area contributed by atoms with Crippen LogP contribution in [-0.2, 0) is 0 Å². The van der Waals surface area contributed by atoms with Gasteiger partial charge in [0.2, 0.25) is 0 Å². The summed E-state index contributed by atoms with van der Waals surface area (Å²) in [6.07, 6.45) is 2.32. The zero-order chi connectivity index (χ0) is 4.43. The highest BCUT2D eigenvalue weighted by Gasteiger charge is 2.64. The second-order valence-electron chi connectivity index (χ2n) is 2.76. The molecule has 0 bridgehead atoms. The van der Waals surface area contributed by atoms with E-state index in [9.17, 15) is 0 Å². The van der Waals surface area contributed by atoms with E-state index >= 15 is 0 Å². The van der Waals surface area contributed by atoms with Crippen LogP contribution in [0.15, 0.2) is 0 Å². The summed E-state index contributed by atoms with van der Waals surface area (Å²) in [6.45, 7) is 1.27. The van der Waals surface area contributed by atoms with E-state index in [1.165, 1.54) is 13.0 Å². The van der Waals surface area contributed by atoms with Gasteiger partial charge >= 0.3 is 0 Å². The maximum absolute atomic E-state index is 3.42. The normalized spacial score (nSPS) is 72.0. The van der Waals surface area contributed by atoms with E-state index < -0.39 is 0 Å². The zero-order valence-electron chi connectivity index (χ0n) is 4.09. The highest BCUT2D eigenvalue weighted by Crippen LogP contribution is 2.47. The summed E-state index contributed by atoms with van der Waals surface area (Å²) in [4.78, 5) is 2.56. The van der Waals surface area contributed by atoms with Gasteiger partial charge in [-0.15, -0.1) is 0 Å². The Morgan fingerprint density at radius 3 is 2.71 bits per heavy atom. The molecule has 7 heavy (non-hydrogen) atoms. The molecule has 3 rings (SSSR count). The second kappa shape index (κ2) is 0.644. The van der Waals surface area contributed by atoms with E-state index in [0.717, 1.165) is 18.2 Å². The Labute approximate surface area is 42.5 Å². The predicted octanol–water partition coefficient (Wildman–Crippen LogP) is -0.628. The lowest BCUT2D eigenvalue weighted by Gasteiger charge is -2.23. The SMILES string of the molecule is C1NC2C3CC1N32. The number of nitrogens with zero attached hydrogens (tertiary/aromatic N) is 1. The zero-order valence-corrected chi connectivity index (χ0v) is 4.09. The van der Waals surface area contributed by atoms with Crippen LogP contribution in [0.2, 0.25) is 0 Å². The average molecular weight is 96.1 g/mol. The Hall–Kier alpha value is -0.0800. The molecule has 3 saturated heterocycles. The van der Waals surface area contributed by atoms with Crippen molar-refractivity contribution < 1.29 is 0 Å². The van der Waals surface area contributed by atoms with Gasteiger partial charge in [-0.2, -0.15) is 0 Å². The average Bonchev–Trinajstić information content (AvgIpc) is 2.02. The molecule has 3 aliphatic rings. The molecule has 0 aliphatic carbocycles. The minimum atomic E-state index is 0.838. The van der Waals surface area contributed by atoms with E-state index in [1.54, 1.807) is 0 Å². The molecule has 2 nitrogen and oxygen atoms in total. The first-order valence-corrected chi connectivity index (χ1v) is 2.97. The lowest BCUT2D eigenvalue weighted by atomic mass is 10.0. The fourth-order valence-electron chi connectivity index (χ4n) is 2.00. The van der Waals surface area contributed by atoms with Gasteiger partial charge in [-0.1, -0.05) is 0 Å². The molecule has 0 saturated carbocycles. The first kappa shape index (κ1) is 3.05. The summed E-state index contributed by atoms with van der Waals surface area (Å²) in [5.41, 5.74) is 0. The minimum Gasteiger partial charge on any atom is -0.299 e. The van der Waals surface area contributed by atoms with Crippen molar-refractivity contribution in [2.24, 2.45) is 0 Å². The van der Waals surface area contributed by atoms with Crippen molar-refractivity contribution in [3.8, 4) is 0 Å². The molecule has 3 aliphatic heterocycles. The lowest BCUT2D eigenvalue weighted by Crippen LogP contribution is -2.39. The molecular weight excluding hydrogens is 88.1 g/mol. The van der Waals surface area contributed by atoms with Crippen molar-refractivity contribution in [2.75, 3.05) is 6.54 Å². The summed E-state index contributed by atoms with van der Waals surface area (Å²) < 4.78 is 0. The van der Waals surface area contributed by atoms with Crippen LogP contribution in [0, 0.1) is 0 Å². The van der Waals surface area contributed by atoms with E-state index in [4.69, 9.17) is 0 Å². The standard InChI is InChI=1S/C5H8N2/c1-3-2-6-5-4(1)7(3)5/h3-6H,1-2H2. The van der Waals surface area contributed by atoms with E-state index in [0.29, 0.717) is 0 Å². The van der Waals surface area contributed by atoms with Crippen molar-refractivity contribution in [3.63, 3.8) is 0 Å². The van der Waals surface area contributed by atoms with Crippen LogP contribution in [-0.4, -0.2) is 29.7 Å². The molecular formula is C5H8N2. The number of hydrogen-bond donors (Lipinski definition) is 1. The monoisotopic (exact) mass is 96.1 g/mol. The summed E-state index contributed by atoms with van der Waals surface area (Å²) in [5.74, 6) is 0. The molecule has 0 amide bonds. The number of nitrogens with one attached hydrogen (secondary N) is 1. The van der Waals surface area contributed by atoms with Crippen molar-refractivity contribution in [1.82, 2.24) is 10.2 Å². The maximum Gasteiger partial charge on any atom is 0.0765 e. The molecule has 0 spiro atoms. The Balaban J connectivity index is 2.07. The van der Waals surface area contributed by atoms with Gasteiger partial charge in [0, 0.05) is 18.6 Å². The topological polar surface area (TPSA) is 15.0 Å². The van der Waals surface area contributed by atoms with Crippen LogP contribution in [0.25, 0.3) is 0 Å². The van der Waals surface area contributed by atoms with Crippen LogP contribution in [0.3, 0.4) is 0 Å². The van der Waals surface area contributed by atoms with Crippen LogP contribution in [0.4, 0.5) is 0 Å². The van der Waals surface area contributed by atoms with Crippen LogP contribution in [0.1, 0.15) is 6.42 Å². The largest absolute Gasteiger partial charge is 0.299 e. The quantitative estimate of drug-likeness (QED) is 0.404. The van der Waals surface area contributed by atoms with E-state index in [2.05, 4.69) is 10.2 Å². The molecule has 0 aromatic heterocycles. The fourth-order valence-corrected chi connectivity index (χ4v) is 2.00. The Bertz CT molecular complexity index is 110. The number of hydrogen-bond acceptors (Lipinski definition) is 2. The van der Waals surface area contributed by atoms with Crippen molar-refractivity contribution in [1.29, 1.82) is 0 Å². The molecule has 0 aromatic rings. The van der Waals surface area contributed by atoms with Crippen LogP contribution < -0.4 is 5.32 Å². The molecule has 3 fully saturated rings. The Morgan fingerprint density at radius 2 is 2.57 bits per heavy atom. The maximum atomic E-state index is 3.42. The molecule has 38 valence electrons. The van der Waals surface area contributed by atoms with Crippen molar-refractivity contribution in [2.45, 2.75) is 24.7 Å². The lowest BCUT2D eigenvalue weighted by molar-refractivity contribution is 0.272. The third-order valence-corrected chi connectivity index (χ3v) is 2.48. The van der Waals surface area contributed by atoms with E-state index in [-0.39, 0.29) is 0 Å². The summed E-state index contributed by atoms with van der Waals surface area (Å²) in [6, 6.07) is 1.94. The number of piperazine rings is 1. The number of fused-ring (bicyclic) bond motifs is 1. The van der Waals surface area contributed by atoms with Gasteiger partial charge in [0.05, 0.1) is 6.17 Å². The van der Waals surface area contributed by atoms with Crippen LogP contribution in [0.5, 0.6) is 0 Å². The van der Waals surface area contributed by atoms with Crippen molar-refractivity contribution in [3.05, 3.63) is 0 Å². The van der Waals surface area contributed by atoms with Crippen LogP contribution >= 0.6 is 0 Å². The summed E-state index contributed by atoms with van der Waals surface area (Å²) >= 11 is 0. The molecule has 2 heteroatoms. The molecule has 3 heterocycles. The molecule has 1 N–H and O–H groups in total. The summed E-state index contributed by atoms with van der Waals surface area (Å²) in [5, 5.41) is 3.42. The fraction of sp³-hybridized carbons (Fsp3) is 1.00. The minimum absolute atomic E-state index is 0.838. The molecule has 0 radical (unpaired) electrons. The number of piperidine rings is 1. The van der Waals surface area contributed by atoms with Gasteiger partial charge in [0.25, 0.3) is 0 Å². The number of rotatable bonds is 0. The highest BCUT2D eigenvalue weighted by molar-refractivity contribution is 5.19. The first-order valence-electron chi connectivity index (χ1n) is 2.97. The molecule has 0 aromatic carbocycles. The first-order chi connectivity index (χ1) is 3.47. The third kappa shape index (κ3) is 0.173. The van der Waals surface area contributed by atoms with E-state index in [1.807, 2.05) is 0 Å².